The highest BCUT2D eigenvalue weighted by atomic mass is 16.5. The summed E-state index contributed by atoms with van der Waals surface area (Å²) in [5.41, 5.74) is 1.32. The summed E-state index contributed by atoms with van der Waals surface area (Å²) in [6.07, 6.45) is 1.11. The Morgan fingerprint density at radius 1 is 1.25 bits per heavy atom. The molecule has 128 valence electrons. The zero-order chi connectivity index (χ0) is 17.1. The second kappa shape index (κ2) is 7.22. The molecule has 0 aromatic heterocycles. The summed E-state index contributed by atoms with van der Waals surface area (Å²) in [6, 6.07) is 12.8. The number of amides is 1. The number of rotatable bonds is 5. The Hall–Kier alpha value is -2.07. The van der Waals surface area contributed by atoms with Crippen LogP contribution in [0.5, 0.6) is 5.75 Å². The van der Waals surface area contributed by atoms with Crippen molar-refractivity contribution < 1.29 is 9.53 Å². The summed E-state index contributed by atoms with van der Waals surface area (Å²) in [7, 11) is 3.86. The van der Waals surface area contributed by atoms with Gasteiger partial charge in [-0.05, 0) is 53.9 Å². The van der Waals surface area contributed by atoms with E-state index >= 15 is 0 Å². The number of ether oxygens (including phenoxy) is 1. The molecule has 1 fully saturated rings. The number of fused-ring (bicyclic) bond motifs is 1. The van der Waals surface area contributed by atoms with Crippen LogP contribution in [0.25, 0.3) is 10.8 Å². The van der Waals surface area contributed by atoms with Gasteiger partial charge in [0.15, 0.2) is 0 Å². The van der Waals surface area contributed by atoms with Gasteiger partial charge in [0.1, 0.15) is 5.75 Å². The third kappa shape index (κ3) is 3.88. The maximum atomic E-state index is 11.4. The minimum atomic E-state index is 0.199. The molecule has 1 aliphatic rings. The van der Waals surface area contributed by atoms with E-state index in [-0.39, 0.29) is 5.91 Å². The lowest BCUT2D eigenvalue weighted by Gasteiger charge is -2.21. The van der Waals surface area contributed by atoms with Crippen molar-refractivity contribution in [2.75, 3.05) is 33.8 Å². The Kier molecular flexibility index (Phi) is 5.05. The average molecular weight is 326 g/mol. The molecule has 1 aliphatic heterocycles. The zero-order valence-corrected chi connectivity index (χ0v) is 14.8. The molecular weight excluding hydrogens is 300 g/mol. The van der Waals surface area contributed by atoms with Crippen molar-refractivity contribution >= 4 is 16.7 Å². The highest BCUT2D eigenvalue weighted by Crippen LogP contribution is 2.23. The topological polar surface area (TPSA) is 32.8 Å². The number of hydrogen-bond acceptors (Lipinski definition) is 3. The predicted octanol–water partition coefficient (Wildman–Crippen LogP) is 3.15. The minimum Gasteiger partial charge on any atom is -0.497 e. The number of benzene rings is 2. The first-order valence-electron chi connectivity index (χ1n) is 8.56. The highest BCUT2D eigenvalue weighted by molar-refractivity contribution is 5.84. The quantitative estimate of drug-likeness (QED) is 0.846. The summed E-state index contributed by atoms with van der Waals surface area (Å²) in [5.74, 6) is 1.68. The smallest absolute Gasteiger partial charge is 0.219 e. The van der Waals surface area contributed by atoms with Gasteiger partial charge in [-0.15, -0.1) is 0 Å². The molecule has 4 heteroatoms. The number of hydrogen-bond donors (Lipinski definition) is 0. The van der Waals surface area contributed by atoms with Gasteiger partial charge in [-0.25, -0.2) is 0 Å². The van der Waals surface area contributed by atoms with Gasteiger partial charge in [-0.3, -0.25) is 4.79 Å². The van der Waals surface area contributed by atoms with Crippen LogP contribution in [0, 0.1) is 5.92 Å². The van der Waals surface area contributed by atoms with E-state index in [1.54, 1.807) is 14.0 Å². The molecule has 1 atom stereocenters. The summed E-state index contributed by atoms with van der Waals surface area (Å²) < 4.78 is 5.28. The second-order valence-electron chi connectivity index (χ2n) is 6.86. The lowest BCUT2D eigenvalue weighted by Crippen LogP contribution is -2.30. The number of carbonyl (C=O) groups is 1. The second-order valence-corrected chi connectivity index (χ2v) is 6.86. The first-order valence-corrected chi connectivity index (χ1v) is 8.56. The van der Waals surface area contributed by atoms with E-state index < -0.39 is 0 Å². The number of likely N-dealkylation sites (tertiary alicyclic amines) is 1. The van der Waals surface area contributed by atoms with Gasteiger partial charge in [-0.1, -0.05) is 18.2 Å². The van der Waals surface area contributed by atoms with Gasteiger partial charge in [0, 0.05) is 33.1 Å². The maximum absolute atomic E-state index is 11.4. The fourth-order valence-corrected chi connectivity index (χ4v) is 3.58. The SMILES string of the molecule is COc1ccc2cc(CN(C)C[C@H]3CCN(C(C)=O)C3)ccc2c1. The third-order valence-electron chi connectivity index (χ3n) is 4.87. The van der Waals surface area contributed by atoms with Crippen LogP contribution in [0.15, 0.2) is 36.4 Å². The minimum absolute atomic E-state index is 0.199. The van der Waals surface area contributed by atoms with Crippen LogP contribution in [-0.4, -0.2) is 49.5 Å². The number of nitrogens with zero attached hydrogens (tertiary/aromatic N) is 2. The van der Waals surface area contributed by atoms with Crippen molar-refractivity contribution in [3.8, 4) is 5.75 Å². The van der Waals surface area contributed by atoms with Crippen molar-refractivity contribution in [2.24, 2.45) is 5.92 Å². The van der Waals surface area contributed by atoms with Crippen LogP contribution in [0.1, 0.15) is 18.9 Å². The van der Waals surface area contributed by atoms with Gasteiger partial charge >= 0.3 is 0 Å². The van der Waals surface area contributed by atoms with E-state index in [0.717, 1.165) is 38.3 Å². The van der Waals surface area contributed by atoms with Gasteiger partial charge in [0.25, 0.3) is 0 Å². The molecule has 0 bridgehead atoms. The average Bonchev–Trinajstić information content (AvgIpc) is 3.03. The van der Waals surface area contributed by atoms with Crippen LogP contribution in [0.3, 0.4) is 0 Å². The molecule has 4 nitrogen and oxygen atoms in total. The lowest BCUT2D eigenvalue weighted by molar-refractivity contribution is -0.127. The number of methoxy groups -OCH3 is 1. The van der Waals surface area contributed by atoms with Crippen molar-refractivity contribution in [3.63, 3.8) is 0 Å². The van der Waals surface area contributed by atoms with Crippen LogP contribution in [0.2, 0.25) is 0 Å². The molecule has 0 spiro atoms. The largest absolute Gasteiger partial charge is 0.497 e. The molecule has 0 saturated carbocycles. The van der Waals surface area contributed by atoms with Crippen LogP contribution in [-0.2, 0) is 11.3 Å². The molecule has 0 unspecified atom stereocenters. The van der Waals surface area contributed by atoms with Gasteiger partial charge in [-0.2, -0.15) is 0 Å². The van der Waals surface area contributed by atoms with E-state index in [1.165, 1.54) is 16.3 Å². The van der Waals surface area contributed by atoms with E-state index in [2.05, 4.69) is 42.3 Å². The first-order chi connectivity index (χ1) is 11.5. The summed E-state index contributed by atoms with van der Waals surface area (Å²) in [6.45, 7) is 5.43. The standard InChI is InChI=1S/C20H26N2O2/c1-15(23)22-9-8-17(14-22)13-21(2)12-16-4-5-19-11-20(24-3)7-6-18(19)10-16/h4-7,10-11,17H,8-9,12-14H2,1-3H3/t17-/m1/s1. The molecule has 3 rings (SSSR count). The zero-order valence-electron chi connectivity index (χ0n) is 14.8. The fraction of sp³-hybridized carbons (Fsp3) is 0.450. The van der Waals surface area contributed by atoms with E-state index in [0.29, 0.717) is 5.92 Å². The molecular formula is C20H26N2O2. The Morgan fingerprint density at radius 2 is 2.00 bits per heavy atom. The fourth-order valence-electron chi connectivity index (χ4n) is 3.58. The van der Waals surface area contributed by atoms with Crippen LogP contribution >= 0.6 is 0 Å². The van der Waals surface area contributed by atoms with E-state index in [4.69, 9.17) is 4.74 Å². The first kappa shape index (κ1) is 16.8. The van der Waals surface area contributed by atoms with Crippen LogP contribution in [0.4, 0.5) is 0 Å². The van der Waals surface area contributed by atoms with Crippen molar-refractivity contribution in [1.82, 2.24) is 9.80 Å². The Bertz CT molecular complexity index is 729. The molecule has 1 heterocycles. The summed E-state index contributed by atoms with van der Waals surface area (Å²) in [5, 5.41) is 2.44. The van der Waals surface area contributed by atoms with Crippen LogP contribution < -0.4 is 4.74 Å². The molecule has 0 N–H and O–H groups in total. The van der Waals surface area contributed by atoms with Gasteiger partial charge in [0.2, 0.25) is 5.91 Å². The van der Waals surface area contributed by atoms with E-state index in [9.17, 15) is 4.79 Å². The third-order valence-corrected chi connectivity index (χ3v) is 4.87. The molecule has 2 aromatic rings. The molecule has 24 heavy (non-hydrogen) atoms. The monoisotopic (exact) mass is 326 g/mol. The molecule has 1 amide bonds. The Morgan fingerprint density at radius 3 is 2.71 bits per heavy atom. The molecule has 1 saturated heterocycles. The Labute approximate surface area is 144 Å². The maximum Gasteiger partial charge on any atom is 0.219 e. The molecule has 0 radical (unpaired) electrons. The van der Waals surface area contributed by atoms with Gasteiger partial charge < -0.3 is 14.5 Å². The van der Waals surface area contributed by atoms with Crippen molar-refractivity contribution in [1.29, 1.82) is 0 Å². The van der Waals surface area contributed by atoms with E-state index in [1.807, 2.05) is 11.0 Å². The predicted molar refractivity (Wildman–Crippen MR) is 97.2 cm³/mol. The molecule has 0 aliphatic carbocycles. The molecule has 2 aromatic carbocycles. The normalized spacial score (nSPS) is 17.7. The lowest BCUT2D eigenvalue weighted by atomic mass is 10.1. The van der Waals surface area contributed by atoms with Crippen molar-refractivity contribution in [3.05, 3.63) is 42.0 Å². The Balaban J connectivity index is 1.61. The highest BCUT2D eigenvalue weighted by Gasteiger charge is 2.24. The summed E-state index contributed by atoms with van der Waals surface area (Å²) >= 11 is 0. The number of carbonyl (C=O) groups excluding carboxylic acids is 1. The van der Waals surface area contributed by atoms with Gasteiger partial charge in [0.05, 0.1) is 7.11 Å². The summed E-state index contributed by atoms with van der Waals surface area (Å²) in [4.78, 5) is 15.8. The van der Waals surface area contributed by atoms with Crippen molar-refractivity contribution in [2.45, 2.75) is 19.9 Å².